The third kappa shape index (κ3) is 3.49. The van der Waals surface area contributed by atoms with Crippen LogP contribution in [-0.2, 0) is 9.59 Å². The predicted molar refractivity (Wildman–Crippen MR) is 133 cm³/mol. The molecular formula is C29H45NO3. The highest BCUT2D eigenvalue weighted by molar-refractivity contribution is 5.86. The summed E-state index contributed by atoms with van der Waals surface area (Å²) in [7, 11) is 0. The summed E-state index contributed by atoms with van der Waals surface area (Å²) < 4.78 is 0. The summed E-state index contributed by atoms with van der Waals surface area (Å²) in [5.41, 5.74) is 10.9. The first-order valence-corrected chi connectivity index (χ1v) is 13.2. The highest BCUT2D eigenvalue weighted by Gasteiger charge is 2.63. The van der Waals surface area contributed by atoms with E-state index in [1.165, 1.54) is 0 Å². The summed E-state index contributed by atoms with van der Waals surface area (Å²) >= 11 is 0. The van der Waals surface area contributed by atoms with Gasteiger partial charge in [-0.1, -0.05) is 51.8 Å². The van der Waals surface area contributed by atoms with Gasteiger partial charge in [-0.3, -0.25) is 4.79 Å². The fraction of sp³-hybridized carbons (Fsp3) is 0.793. The number of ketones is 1. The number of carboxylic acid groups (broad SMARTS) is 1. The summed E-state index contributed by atoms with van der Waals surface area (Å²) in [5, 5.41) is 9.14. The number of Topliss-reactive ketones (excluding diaryl/α,β-unsaturated/α-hetero) is 1. The lowest BCUT2D eigenvalue weighted by atomic mass is 9.44. The number of carbonyl (C=O) groups excluding carboxylic acids is 1. The number of nitrogens with two attached hydrogens (primary N) is 1. The summed E-state index contributed by atoms with van der Waals surface area (Å²) in [5.74, 6) is 1.03. The molecule has 0 aromatic rings. The quantitative estimate of drug-likeness (QED) is 0.369. The Morgan fingerprint density at radius 3 is 2.45 bits per heavy atom. The van der Waals surface area contributed by atoms with E-state index < -0.39 is 5.97 Å². The molecule has 184 valence electrons. The first kappa shape index (κ1) is 24.7. The maximum absolute atomic E-state index is 12.8. The Hall–Kier alpha value is -1.42. The van der Waals surface area contributed by atoms with E-state index in [0.29, 0.717) is 35.5 Å². The minimum absolute atomic E-state index is 0.0475. The smallest absolute Gasteiger partial charge is 0.330 e. The highest BCUT2D eigenvalue weighted by Crippen LogP contribution is 2.68. The molecule has 4 rings (SSSR count). The zero-order valence-electron chi connectivity index (χ0n) is 21.7. The molecule has 2 unspecified atom stereocenters. The lowest BCUT2D eigenvalue weighted by Crippen LogP contribution is -2.61. The molecule has 4 heteroatoms. The van der Waals surface area contributed by atoms with Crippen LogP contribution in [0.2, 0.25) is 0 Å². The van der Waals surface area contributed by atoms with E-state index in [9.17, 15) is 9.59 Å². The lowest BCUT2D eigenvalue weighted by Gasteiger charge is -2.60. The second-order valence-corrected chi connectivity index (χ2v) is 12.9. The van der Waals surface area contributed by atoms with Gasteiger partial charge in [0.2, 0.25) is 0 Å². The van der Waals surface area contributed by atoms with Crippen LogP contribution in [0.1, 0.15) is 106 Å². The van der Waals surface area contributed by atoms with Gasteiger partial charge in [0.15, 0.2) is 0 Å². The second-order valence-electron chi connectivity index (χ2n) is 12.9. The van der Waals surface area contributed by atoms with Gasteiger partial charge >= 0.3 is 5.97 Å². The van der Waals surface area contributed by atoms with Crippen LogP contribution < -0.4 is 5.73 Å². The molecule has 33 heavy (non-hydrogen) atoms. The molecule has 0 spiro atoms. The van der Waals surface area contributed by atoms with Gasteiger partial charge in [-0.15, -0.1) is 0 Å². The van der Waals surface area contributed by atoms with Crippen molar-refractivity contribution in [1.82, 2.24) is 0 Å². The number of hydrogen-bond acceptors (Lipinski definition) is 3. The first-order valence-electron chi connectivity index (χ1n) is 13.2. The Morgan fingerprint density at radius 1 is 1.09 bits per heavy atom. The van der Waals surface area contributed by atoms with E-state index >= 15 is 0 Å². The first-order chi connectivity index (χ1) is 15.3. The average Bonchev–Trinajstić information content (AvgIpc) is 3.02. The molecule has 4 aliphatic carbocycles. The van der Waals surface area contributed by atoms with E-state index in [-0.39, 0.29) is 21.8 Å². The third-order valence-corrected chi connectivity index (χ3v) is 11.2. The van der Waals surface area contributed by atoms with Crippen LogP contribution in [0.25, 0.3) is 0 Å². The zero-order valence-corrected chi connectivity index (χ0v) is 21.7. The molecule has 0 amide bonds. The van der Waals surface area contributed by atoms with Gasteiger partial charge in [0.25, 0.3) is 0 Å². The molecule has 0 aliphatic heterocycles. The van der Waals surface area contributed by atoms with Crippen molar-refractivity contribution in [2.45, 2.75) is 111 Å². The molecule has 6 atom stereocenters. The van der Waals surface area contributed by atoms with Gasteiger partial charge in [-0.25, -0.2) is 4.79 Å². The normalized spacial score (nSPS) is 41.3. The molecule has 0 saturated heterocycles. The average molecular weight is 456 g/mol. The maximum Gasteiger partial charge on any atom is 0.330 e. The number of allylic oxidation sites excluding steroid dienone is 2. The molecule has 0 aromatic heterocycles. The Balaban J connectivity index is 1.61. The van der Waals surface area contributed by atoms with Crippen molar-refractivity contribution >= 4 is 11.8 Å². The number of carbonyl (C=O) groups is 2. The number of hydrogen-bond donors (Lipinski definition) is 2. The molecule has 0 bridgehead atoms. The molecular weight excluding hydrogens is 410 g/mol. The molecule has 0 aromatic carbocycles. The minimum atomic E-state index is -0.824. The van der Waals surface area contributed by atoms with Gasteiger partial charge < -0.3 is 10.8 Å². The summed E-state index contributed by atoms with van der Waals surface area (Å²) in [6.07, 6.45) is 12.0. The van der Waals surface area contributed by atoms with Crippen LogP contribution in [0.4, 0.5) is 0 Å². The van der Waals surface area contributed by atoms with Gasteiger partial charge in [-0.2, -0.15) is 0 Å². The van der Waals surface area contributed by atoms with Gasteiger partial charge in [0.05, 0.1) is 0 Å². The molecule has 4 nitrogen and oxygen atoms in total. The summed E-state index contributed by atoms with van der Waals surface area (Å²) in [6.45, 7) is 13.3. The predicted octanol–water partition coefficient (Wildman–Crippen LogP) is 6.44. The molecule has 0 heterocycles. The van der Waals surface area contributed by atoms with Crippen LogP contribution in [0.5, 0.6) is 0 Å². The molecule has 2 fully saturated rings. The maximum atomic E-state index is 12.8. The number of rotatable bonds is 5. The van der Waals surface area contributed by atoms with E-state index in [4.69, 9.17) is 10.8 Å². The molecule has 3 N–H and O–H groups in total. The van der Waals surface area contributed by atoms with Crippen LogP contribution in [0.3, 0.4) is 0 Å². The van der Waals surface area contributed by atoms with Crippen molar-refractivity contribution in [3.63, 3.8) is 0 Å². The Bertz CT molecular complexity index is 914. The number of carboxylic acids is 1. The highest BCUT2D eigenvalue weighted by atomic mass is 16.4. The van der Waals surface area contributed by atoms with Crippen LogP contribution in [0, 0.1) is 34.0 Å². The Kier molecular flexibility index (Phi) is 6.04. The van der Waals surface area contributed by atoms with Crippen molar-refractivity contribution < 1.29 is 14.7 Å². The zero-order chi connectivity index (χ0) is 24.4. The third-order valence-electron chi connectivity index (χ3n) is 11.2. The van der Waals surface area contributed by atoms with Crippen molar-refractivity contribution in [3.8, 4) is 0 Å². The molecule has 2 saturated carbocycles. The molecule has 0 radical (unpaired) electrons. The summed E-state index contributed by atoms with van der Waals surface area (Å²) in [6, 6.07) is 0. The largest absolute Gasteiger partial charge is 0.478 e. The Labute approximate surface area is 200 Å². The second kappa shape index (κ2) is 8.07. The van der Waals surface area contributed by atoms with Crippen molar-refractivity contribution in [2.75, 3.05) is 0 Å². The topological polar surface area (TPSA) is 80.4 Å². The van der Waals surface area contributed by atoms with E-state index in [2.05, 4.69) is 34.6 Å². The SMILES string of the molecule is C/C(=C/CCC(C)[C@@H]1CC[C@]2(C)C3=C(CC[C@@]12N)[C@@]1(C)CCC(=O)C(C)(C)C1CC3)C(=O)O. The van der Waals surface area contributed by atoms with Crippen molar-refractivity contribution in [2.24, 2.45) is 39.7 Å². The van der Waals surface area contributed by atoms with Crippen LogP contribution in [0.15, 0.2) is 22.8 Å². The van der Waals surface area contributed by atoms with Gasteiger partial charge in [0, 0.05) is 28.4 Å². The van der Waals surface area contributed by atoms with Gasteiger partial charge in [-0.05, 0) is 87.9 Å². The number of aliphatic carboxylic acids is 1. The van der Waals surface area contributed by atoms with E-state index in [0.717, 1.165) is 57.8 Å². The fourth-order valence-corrected chi connectivity index (χ4v) is 8.94. The lowest BCUT2D eigenvalue weighted by molar-refractivity contribution is -0.139. The van der Waals surface area contributed by atoms with Crippen LogP contribution >= 0.6 is 0 Å². The van der Waals surface area contributed by atoms with E-state index in [1.807, 2.05) is 6.08 Å². The Morgan fingerprint density at radius 2 is 1.79 bits per heavy atom. The summed E-state index contributed by atoms with van der Waals surface area (Å²) in [4.78, 5) is 23.9. The minimum Gasteiger partial charge on any atom is -0.478 e. The van der Waals surface area contributed by atoms with Crippen molar-refractivity contribution in [1.29, 1.82) is 0 Å². The van der Waals surface area contributed by atoms with Crippen LogP contribution in [-0.4, -0.2) is 22.4 Å². The monoisotopic (exact) mass is 455 g/mol. The molecule has 4 aliphatic rings. The fourth-order valence-electron chi connectivity index (χ4n) is 8.94. The van der Waals surface area contributed by atoms with E-state index in [1.54, 1.807) is 18.1 Å². The van der Waals surface area contributed by atoms with Crippen molar-refractivity contribution in [3.05, 3.63) is 22.8 Å². The van der Waals surface area contributed by atoms with Gasteiger partial charge in [0.1, 0.15) is 5.78 Å². The number of fused-ring (bicyclic) bond motifs is 4. The standard InChI is InChI=1S/C29H45NO3/c1-18(8-7-9-19(2)25(32)33)20-12-16-28(6)22-10-11-23-26(3,4)24(31)14-15-27(23,5)21(22)13-17-29(20,28)30/h9,18,20,23H,7-8,10-17,30H2,1-6H3,(H,32,33)/b19-9-/t18?,20-,23?,27+,28+,29+/m0/s1.